The van der Waals surface area contributed by atoms with Crippen molar-refractivity contribution in [2.45, 2.75) is 64.0 Å². The molecule has 2 amide bonds. The molecule has 3 aromatic rings. The maximum Gasteiger partial charge on any atom is 0.251 e. The zero-order valence-corrected chi connectivity index (χ0v) is 22.6. The highest BCUT2D eigenvalue weighted by atomic mass is 35.5. The molecule has 0 unspecified atom stereocenters. The van der Waals surface area contributed by atoms with E-state index in [1.54, 1.807) is 0 Å². The van der Waals surface area contributed by atoms with Crippen LogP contribution in [0.15, 0.2) is 66.7 Å². The van der Waals surface area contributed by atoms with Crippen molar-refractivity contribution in [3.63, 3.8) is 0 Å². The van der Waals surface area contributed by atoms with Gasteiger partial charge in [0.1, 0.15) is 0 Å². The Morgan fingerprint density at radius 3 is 2.59 bits per heavy atom. The number of carbonyl (C=O) groups is 2. The van der Waals surface area contributed by atoms with Gasteiger partial charge in [0, 0.05) is 42.2 Å². The van der Waals surface area contributed by atoms with Crippen molar-refractivity contribution >= 4 is 34.2 Å². The molecule has 0 aliphatic carbocycles. The van der Waals surface area contributed by atoms with Crippen LogP contribution < -0.4 is 10.6 Å². The van der Waals surface area contributed by atoms with E-state index in [-0.39, 0.29) is 23.9 Å². The first-order valence-electron chi connectivity index (χ1n) is 13.6. The first kappa shape index (κ1) is 27.2. The van der Waals surface area contributed by atoms with Crippen molar-refractivity contribution in [2.75, 3.05) is 19.6 Å². The minimum absolute atomic E-state index is 0.0378. The Balaban J connectivity index is 1.42. The van der Waals surface area contributed by atoms with E-state index in [1.807, 2.05) is 47.4 Å². The molecule has 1 aliphatic heterocycles. The van der Waals surface area contributed by atoms with Crippen LogP contribution >= 0.6 is 11.6 Å². The minimum Gasteiger partial charge on any atom is -0.350 e. The molecule has 4 rings (SSSR count). The van der Waals surface area contributed by atoms with Gasteiger partial charge in [-0.3, -0.25) is 9.59 Å². The highest BCUT2D eigenvalue weighted by molar-refractivity contribution is 6.31. The third kappa shape index (κ3) is 7.12. The maximum absolute atomic E-state index is 13.6. The van der Waals surface area contributed by atoms with Crippen molar-refractivity contribution in [1.82, 2.24) is 15.5 Å². The lowest BCUT2D eigenvalue weighted by molar-refractivity contribution is -0.133. The molecule has 2 N–H and O–H groups in total. The normalized spacial score (nSPS) is 19.0. The standard InChI is InChI=1S/C31H38ClN3O2/c1-3-5-11-29-31(37)35(21-22(4-2)23-9-7-6-8-10-23)17-16-28(34-29)20-33-30(36)26-13-12-25-19-27(32)15-14-24(25)18-26/h6-10,12-15,18-19,22,28-29,34H,3-5,11,16-17,20-21H2,1-2H3,(H,33,36)/t22-,28+,29+/m1/s1. The van der Waals surface area contributed by atoms with Crippen LogP contribution in [0.25, 0.3) is 10.8 Å². The van der Waals surface area contributed by atoms with E-state index in [9.17, 15) is 9.59 Å². The molecule has 196 valence electrons. The smallest absolute Gasteiger partial charge is 0.251 e. The lowest BCUT2D eigenvalue weighted by Crippen LogP contribution is -2.49. The average molecular weight is 520 g/mol. The molecule has 1 saturated heterocycles. The number of halogens is 1. The number of hydrogen-bond acceptors (Lipinski definition) is 3. The summed E-state index contributed by atoms with van der Waals surface area (Å²) in [6.07, 6.45) is 4.63. The average Bonchev–Trinajstić information content (AvgIpc) is 3.07. The highest BCUT2D eigenvalue weighted by Crippen LogP contribution is 2.23. The first-order valence-corrected chi connectivity index (χ1v) is 13.9. The van der Waals surface area contributed by atoms with Gasteiger partial charge >= 0.3 is 0 Å². The molecule has 1 heterocycles. The van der Waals surface area contributed by atoms with Crippen molar-refractivity contribution in [1.29, 1.82) is 0 Å². The van der Waals surface area contributed by atoms with Gasteiger partial charge in [0.05, 0.1) is 6.04 Å². The van der Waals surface area contributed by atoms with Crippen molar-refractivity contribution in [3.8, 4) is 0 Å². The van der Waals surface area contributed by atoms with E-state index >= 15 is 0 Å². The molecule has 5 nitrogen and oxygen atoms in total. The Hall–Kier alpha value is -2.89. The van der Waals surface area contributed by atoms with Gasteiger partial charge in [-0.25, -0.2) is 0 Å². The fourth-order valence-electron chi connectivity index (χ4n) is 5.18. The van der Waals surface area contributed by atoms with E-state index in [2.05, 4.69) is 48.7 Å². The molecule has 0 saturated carbocycles. The van der Waals surface area contributed by atoms with Crippen LogP contribution in [0.5, 0.6) is 0 Å². The van der Waals surface area contributed by atoms with Crippen LogP contribution in [0.3, 0.4) is 0 Å². The third-order valence-corrected chi connectivity index (χ3v) is 7.65. The molecule has 0 bridgehead atoms. The molecular formula is C31H38ClN3O2. The second-order valence-corrected chi connectivity index (χ2v) is 10.5. The molecule has 3 atom stereocenters. The summed E-state index contributed by atoms with van der Waals surface area (Å²) in [5, 5.41) is 9.35. The molecule has 37 heavy (non-hydrogen) atoms. The summed E-state index contributed by atoms with van der Waals surface area (Å²) in [6.45, 7) is 6.24. The number of fused-ring (bicyclic) bond motifs is 1. The van der Waals surface area contributed by atoms with E-state index in [1.165, 1.54) is 5.56 Å². The summed E-state index contributed by atoms with van der Waals surface area (Å²) in [5.41, 5.74) is 1.90. The minimum atomic E-state index is -0.219. The number of nitrogens with zero attached hydrogens (tertiary/aromatic N) is 1. The second kappa shape index (κ2) is 13.1. The number of amides is 2. The van der Waals surface area contributed by atoms with Gasteiger partial charge in [-0.2, -0.15) is 0 Å². The quantitative estimate of drug-likeness (QED) is 0.337. The Bertz CT molecular complexity index is 1200. The molecular weight excluding hydrogens is 482 g/mol. The molecule has 0 spiro atoms. The maximum atomic E-state index is 13.6. The Morgan fingerprint density at radius 2 is 1.84 bits per heavy atom. The Kier molecular flexibility index (Phi) is 9.59. The van der Waals surface area contributed by atoms with E-state index < -0.39 is 0 Å². The fourth-order valence-corrected chi connectivity index (χ4v) is 5.36. The zero-order chi connectivity index (χ0) is 26.2. The largest absolute Gasteiger partial charge is 0.350 e. The predicted octanol–water partition coefficient (Wildman–Crippen LogP) is 6.17. The molecule has 1 aliphatic rings. The monoisotopic (exact) mass is 519 g/mol. The Labute approximate surface area is 225 Å². The van der Waals surface area contributed by atoms with Gasteiger partial charge in [-0.15, -0.1) is 0 Å². The number of benzene rings is 3. The summed E-state index contributed by atoms with van der Waals surface area (Å²) < 4.78 is 0. The highest BCUT2D eigenvalue weighted by Gasteiger charge is 2.31. The number of nitrogens with one attached hydrogen (secondary N) is 2. The van der Waals surface area contributed by atoms with Crippen molar-refractivity contribution in [2.24, 2.45) is 0 Å². The summed E-state index contributed by atoms with van der Waals surface area (Å²) >= 11 is 6.09. The second-order valence-electron chi connectivity index (χ2n) is 10.1. The molecule has 0 aromatic heterocycles. The molecule has 6 heteroatoms. The van der Waals surface area contributed by atoms with E-state index in [4.69, 9.17) is 11.6 Å². The summed E-state index contributed by atoms with van der Waals surface area (Å²) in [5.74, 6) is 0.396. The van der Waals surface area contributed by atoms with Crippen LogP contribution in [-0.4, -0.2) is 48.4 Å². The number of hydrogen-bond donors (Lipinski definition) is 2. The van der Waals surface area contributed by atoms with Gasteiger partial charge in [0.15, 0.2) is 0 Å². The first-order chi connectivity index (χ1) is 18.0. The Morgan fingerprint density at radius 1 is 1.08 bits per heavy atom. The fraction of sp³-hybridized carbons (Fsp3) is 0.419. The topological polar surface area (TPSA) is 61.4 Å². The third-order valence-electron chi connectivity index (χ3n) is 7.42. The number of unbranched alkanes of at least 4 members (excludes halogenated alkanes) is 1. The van der Waals surface area contributed by atoms with Crippen LogP contribution in [-0.2, 0) is 4.79 Å². The zero-order valence-electron chi connectivity index (χ0n) is 21.9. The lowest BCUT2D eigenvalue weighted by Gasteiger charge is -2.28. The van der Waals surface area contributed by atoms with Gasteiger partial charge < -0.3 is 15.5 Å². The van der Waals surface area contributed by atoms with Crippen LogP contribution in [0, 0.1) is 0 Å². The van der Waals surface area contributed by atoms with Crippen LogP contribution in [0.2, 0.25) is 5.02 Å². The van der Waals surface area contributed by atoms with Gasteiger partial charge in [-0.1, -0.05) is 80.8 Å². The number of rotatable bonds is 10. The molecule has 0 radical (unpaired) electrons. The predicted molar refractivity (Wildman–Crippen MR) is 152 cm³/mol. The summed E-state index contributed by atoms with van der Waals surface area (Å²) in [6, 6.07) is 21.6. The van der Waals surface area contributed by atoms with E-state index in [0.717, 1.165) is 49.4 Å². The van der Waals surface area contributed by atoms with Gasteiger partial charge in [-0.05, 0) is 59.9 Å². The van der Waals surface area contributed by atoms with Gasteiger partial charge in [0.25, 0.3) is 5.91 Å². The molecule has 3 aromatic carbocycles. The number of carbonyl (C=O) groups excluding carboxylic acids is 2. The van der Waals surface area contributed by atoms with Crippen molar-refractivity contribution < 1.29 is 9.59 Å². The summed E-state index contributed by atoms with van der Waals surface area (Å²) in [7, 11) is 0. The molecule has 1 fully saturated rings. The summed E-state index contributed by atoms with van der Waals surface area (Å²) in [4.78, 5) is 28.6. The van der Waals surface area contributed by atoms with Gasteiger partial charge in [0.2, 0.25) is 5.91 Å². The van der Waals surface area contributed by atoms with Crippen molar-refractivity contribution in [3.05, 3.63) is 82.9 Å². The lowest BCUT2D eigenvalue weighted by atomic mass is 9.95. The van der Waals surface area contributed by atoms with Crippen LogP contribution in [0.4, 0.5) is 0 Å². The van der Waals surface area contributed by atoms with E-state index in [0.29, 0.717) is 29.6 Å². The SMILES string of the molecule is CCCC[C@@H]1N[C@H](CNC(=O)c2ccc3cc(Cl)ccc3c2)CCN(C[C@@H](CC)c2ccccc2)C1=O. The van der Waals surface area contributed by atoms with Crippen LogP contribution in [0.1, 0.15) is 67.8 Å².